The summed E-state index contributed by atoms with van der Waals surface area (Å²) in [6.45, 7) is 6.55. The molecule has 0 spiro atoms. The molecule has 0 fully saturated rings. The van der Waals surface area contributed by atoms with Gasteiger partial charge in [-0.3, -0.25) is 0 Å². The number of hydrogen-bond donors (Lipinski definition) is 1. The molecule has 1 aliphatic rings. The molecule has 0 radical (unpaired) electrons. The highest BCUT2D eigenvalue weighted by atomic mass is 16.5. The molecular weight excluding hydrogens is 234 g/mol. The van der Waals surface area contributed by atoms with Gasteiger partial charge in [-0.05, 0) is 47.8 Å². The van der Waals surface area contributed by atoms with Crippen LogP contribution in [0.15, 0.2) is 18.2 Å². The van der Waals surface area contributed by atoms with Crippen molar-refractivity contribution in [1.29, 1.82) is 0 Å². The summed E-state index contributed by atoms with van der Waals surface area (Å²) in [5, 5.41) is 0. The summed E-state index contributed by atoms with van der Waals surface area (Å²) >= 11 is 0. The Hall–Kier alpha value is -0.860. The SMILES string of the molecule is COC(C(N)Cc1ccc2c(c1)CCC2)C(C)(C)C. The first-order valence-corrected chi connectivity index (χ1v) is 7.31. The van der Waals surface area contributed by atoms with Gasteiger partial charge < -0.3 is 10.5 Å². The van der Waals surface area contributed by atoms with Crippen LogP contribution in [-0.4, -0.2) is 19.3 Å². The second-order valence-corrected chi connectivity index (χ2v) is 6.85. The van der Waals surface area contributed by atoms with Gasteiger partial charge >= 0.3 is 0 Å². The molecule has 0 amide bonds. The van der Waals surface area contributed by atoms with Crippen molar-refractivity contribution in [3.63, 3.8) is 0 Å². The van der Waals surface area contributed by atoms with Crippen LogP contribution in [0.4, 0.5) is 0 Å². The number of fused-ring (bicyclic) bond motifs is 1. The van der Waals surface area contributed by atoms with E-state index < -0.39 is 0 Å². The lowest BCUT2D eigenvalue weighted by Crippen LogP contribution is -2.46. The summed E-state index contributed by atoms with van der Waals surface area (Å²) in [6.07, 6.45) is 4.74. The Morgan fingerprint density at radius 1 is 1.21 bits per heavy atom. The zero-order valence-corrected chi connectivity index (χ0v) is 12.7. The molecule has 19 heavy (non-hydrogen) atoms. The van der Waals surface area contributed by atoms with E-state index in [1.807, 2.05) is 0 Å². The van der Waals surface area contributed by atoms with Crippen molar-refractivity contribution in [1.82, 2.24) is 0 Å². The smallest absolute Gasteiger partial charge is 0.0773 e. The summed E-state index contributed by atoms with van der Waals surface area (Å²) < 4.78 is 5.62. The molecule has 2 rings (SSSR count). The van der Waals surface area contributed by atoms with Crippen LogP contribution in [0.2, 0.25) is 0 Å². The van der Waals surface area contributed by atoms with Crippen LogP contribution < -0.4 is 5.73 Å². The zero-order chi connectivity index (χ0) is 14.0. The molecule has 1 aromatic carbocycles. The van der Waals surface area contributed by atoms with E-state index in [0.717, 1.165) is 6.42 Å². The first-order valence-electron chi connectivity index (χ1n) is 7.31. The monoisotopic (exact) mass is 261 g/mol. The van der Waals surface area contributed by atoms with Gasteiger partial charge in [0.2, 0.25) is 0 Å². The van der Waals surface area contributed by atoms with Crippen molar-refractivity contribution < 1.29 is 4.74 Å². The molecule has 0 aromatic heterocycles. The van der Waals surface area contributed by atoms with Gasteiger partial charge in [0.15, 0.2) is 0 Å². The maximum Gasteiger partial charge on any atom is 0.0773 e. The van der Waals surface area contributed by atoms with Crippen LogP contribution in [0, 0.1) is 5.41 Å². The van der Waals surface area contributed by atoms with Crippen LogP contribution in [0.5, 0.6) is 0 Å². The fourth-order valence-corrected chi connectivity index (χ4v) is 3.30. The molecule has 0 aliphatic heterocycles. The normalized spacial score (nSPS) is 18.2. The summed E-state index contributed by atoms with van der Waals surface area (Å²) in [5.41, 5.74) is 10.8. The first kappa shape index (κ1) is 14.5. The quantitative estimate of drug-likeness (QED) is 0.904. The summed E-state index contributed by atoms with van der Waals surface area (Å²) in [4.78, 5) is 0. The van der Waals surface area contributed by atoms with E-state index in [-0.39, 0.29) is 17.6 Å². The van der Waals surface area contributed by atoms with Crippen LogP contribution in [0.1, 0.15) is 43.9 Å². The third-order valence-electron chi connectivity index (χ3n) is 4.13. The molecule has 0 saturated carbocycles. The fraction of sp³-hybridized carbons (Fsp3) is 0.647. The molecule has 2 unspecified atom stereocenters. The van der Waals surface area contributed by atoms with E-state index in [1.54, 1.807) is 7.11 Å². The Morgan fingerprint density at radius 3 is 2.53 bits per heavy atom. The highest BCUT2D eigenvalue weighted by Gasteiger charge is 2.30. The minimum atomic E-state index is 0.0458. The van der Waals surface area contributed by atoms with Gasteiger partial charge in [-0.15, -0.1) is 0 Å². The predicted molar refractivity (Wildman–Crippen MR) is 80.4 cm³/mol. The Labute approximate surface area is 117 Å². The van der Waals surface area contributed by atoms with Crippen LogP contribution >= 0.6 is 0 Å². The molecule has 1 aliphatic carbocycles. The average molecular weight is 261 g/mol. The van der Waals surface area contributed by atoms with E-state index in [0.29, 0.717) is 0 Å². The van der Waals surface area contributed by atoms with Gasteiger partial charge in [-0.2, -0.15) is 0 Å². The summed E-state index contributed by atoms with van der Waals surface area (Å²) in [6, 6.07) is 6.91. The molecule has 0 heterocycles. The second-order valence-electron chi connectivity index (χ2n) is 6.85. The highest BCUT2D eigenvalue weighted by Crippen LogP contribution is 2.27. The van der Waals surface area contributed by atoms with Crippen molar-refractivity contribution in [2.75, 3.05) is 7.11 Å². The number of aryl methyl sites for hydroxylation is 2. The van der Waals surface area contributed by atoms with Gasteiger partial charge in [0.05, 0.1) is 6.10 Å². The largest absolute Gasteiger partial charge is 0.379 e. The maximum atomic E-state index is 6.37. The van der Waals surface area contributed by atoms with Crippen LogP contribution in [-0.2, 0) is 24.0 Å². The van der Waals surface area contributed by atoms with Gasteiger partial charge in [-0.1, -0.05) is 39.0 Å². The molecule has 2 nitrogen and oxygen atoms in total. The van der Waals surface area contributed by atoms with Gasteiger partial charge in [0.1, 0.15) is 0 Å². The lowest BCUT2D eigenvalue weighted by molar-refractivity contribution is -0.00165. The second kappa shape index (κ2) is 5.64. The number of benzene rings is 1. The molecule has 2 atom stereocenters. The van der Waals surface area contributed by atoms with Gasteiger partial charge in [0, 0.05) is 13.2 Å². The number of methoxy groups -OCH3 is 1. The van der Waals surface area contributed by atoms with Crippen molar-refractivity contribution in [3.05, 3.63) is 34.9 Å². The average Bonchev–Trinajstić information content (AvgIpc) is 2.74. The van der Waals surface area contributed by atoms with E-state index in [1.165, 1.54) is 36.0 Å². The lowest BCUT2D eigenvalue weighted by atomic mass is 9.82. The molecule has 1 aromatic rings. The summed E-state index contributed by atoms with van der Waals surface area (Å²) in [7, 11) is 1.76. The van der Waals surface area contributed by atoms with Crippen molar-refractivity contribution >= 4 is 0 Å². The number of ether oxygens (including phenoxy) is 1. The Kier molecular flexibility index (Phi) is 4.32. The number of hydrogen-bond acceptors (Lipinski definition) is 2. The van der Waals surface area contributed by atoms with Crippen molar-refractivity contribution in [2.24, 2.45) is 11.1 Å². The Bertz CT molecular complexity index is 433. The predicted octanol–water partition coefficient (Wildman–Crippen LogP) is 3.11. The number of rotatable bonds is 4. The Balaban J connectivity index is 2.08. The van der Waals surface area contributed by atoms with Crippen LogP contribution in [0.3, 0.4) is 0 Å². The van der Waals surface area contributed by atoms with Crippen molar-refractivity contribution in [2.45, 2.75) is 58.6 Å². The molecule has 2 N–H and O–H groups in total. The van der Waals surface area contributed by atoms with Gasteiger partial charge in [-0.25, -0.2) is 0 Å². The van der Waals surface area contributed by atoms with Crippen molar-refractivity contribution in [3.8, 4) is 0 Å². The molecular formula is C17H27NO. The molecule has 106 valence electrons. The van der Waals surface area contributed by atoms with Crippen LogP contribution in [0.25, 0.3) is 0 Å². The van der Waals surface area contributed by atoms with E-state index >= 15 is 0 Å². The lowest BCUT2D eigenvalue weighted by Gasteiger charge is -2.34. The summed E-state index contributed by atoms with van der Waals surface area (Å²) in [5.74, 6) is 0. The maximum absolute atomic E-state index is 6.37. The minimum absolute atomic E-state index is 0.0458. The van der Waals surface area contributed by atoms with E-state index in [9.17, 15) is 0 Å². The van der Waals surface area contributed by atoms with E-state index in [2.05, 4.69) is 39.0 Å². The fourth-order valence-electron chi connectivity index (χ4n) is 3.30. The molecule has 0 bridgehead atoms. The molecule has 2 heteroatoms. The van der Waals surface area contributed by atoms with E-state index in [4.69, 9.17) is 10.5 Å². The highest BCUT2D eigenvalue weighted by molar-refractivity contribution is 5.35. The minimum Gasteiger partial charge on any atom is -0.379 e. The third kappa shape index (κ3) is 3.37. The number of nitrogens with two attached hydrogens (primary N) is 1. The topological polar surface area (TPSA) is 35.2 Å². The zero-order valence-electron chi connectivity index (χ0n) is 12.7. The van der Waals surface area contributed by atoms with Gasteiger partial charge in [0.25, 0.3) is 0 Å². The molecule has 0 saturated heterocycles. The Morgan fingerprint density at radius 2 is 1.89 bits per heavy atom. The standard InChI is InChI=1S/C17H27NO/c1-17(2,3)16(19-4)15(18)11-12-8-9-13-6-5-7-14(13)10-12/h8-10,15-16H,5-7,11,18H2,1-4H3. The third-order valence-corrected chi connectivity index (χ3v) is 4.13. The first-order chi connectivity index (χ1) is 8.91.